The molecule has 0 bridgehead atoms. The monoisotopic (exact) mass is 383 g/mol. The third kappa shape index (κ3) is 3.54. The first-order valence-electron chi connectivity index (χ1n) is 8.59. The number of carbonyl (C=O) groups is 3. The highest BCUT2D eigenvalue weighted by Crippen LogP contribution is 2.33. The van der Waals surface area contributed by atoms with Crippen molar-refractivity contribution >= 4 is 23.5 Å². The quantitative estimate of drug-likeness (QED) is 0.533. The van der Waals surface area contributed by atoms with E-state index in [1.54, 1.807) is 18.2 Å². The molecule has 2 aromatic carbocycles. The Bertz CT molecular complexity index is 943. The largest absolute Gasteiger partial charge is 0.508 e. The number of imide groups is 1. The molecule has 0 unspecified atom stereocenters. The lowest BCUT2D eigenvalue weighted by atomic mass is 10.1. The van der Waals surface area contributed by atoms with Crippen LogP contribution in [0.5, 0.6) is 17.2 Å². The first kappa shape index (κ1) is 17.7. The maximum Gasteiger partial charge on any atom is 0.325 e. The molecule has 28 heavy (non-hydrogen) atoms. The predicted molar refractivity (Wildman–Crippen MR) is 96.8 cm³/mol. The van der Waals surface area contributed by atoms with Crippen LogP contribution < -0.4 is 20.1 Å². The van der Waals surface area contributed by atoms with E-state index in [1.807, 2.05) is 0 Å². The average Bonchev–Trinajstić information content (AvgIpc) is 3.23. The Kier molecular flexibility index (Phi) is 4.48. The fourth-order valence-corrected chi connectivity index (χ4v) is 3.03. The topological polar surface area (TPSA) is 117 Å². The highest BCUT2D eigenvalue weighted by molar-refractivity contribution is 6.06. The smallest absolute Gasteiger partial charge is 0.325 e. The fraction of sp³-hybridized carbons (Fsp3) is 0.211. The van der Waals surface area contributed by atoms with Crippen molar-refractivity contribution < 1.29 is 29.0 Å². The van der Waals surface area contributed by atoms with Crippen LogP contribution in [0.1, 0.15) is 12.0 Å². The SMILES string of the molecule is O=C(C[C@H]1NC(=O)N(Cc2ccc3c(c2)OCO3)C1=O)Nc1ccc(O)cc1. The lowest BCUT2D eigenvalue weighted by Gasteiger charge is -2.13. The van der Waals surface area contributed by atoms with Crippen molar-refractivity contribution in [3.63, 3.8) is 0 Å². The molecule has 1 saturated heterocycles. The lowest BCUT2D eigenvalue weighted by molar-refractivity contribution is -0.130. The van der Waals surface area contributed by atoms with E-state index in [1.165, 1.54) is 24.3 Å². The van der Waals surface area contributed by atoms with Crippen LogP contribution in [0, 0.1) is 0 Å². The minimum Gasteiger partial charge on any atom is -0.508 e. The average molecular weight is 383 g/mol. The number of benzene rings is 2. The molecule has 4 rings (SSSR count). The number of fused-ring (bicyclic) bond motifs is 1. The van der Waals surface area contributed by atoms with Crippen molar-refractivity contribution in [3.05, 3.63) is 48.0 Å². The van der Waals surface area contributed by atoms with Crippen LogP contribution in [0.2, 0.25) is 0 Å². The number of amides is 4. The zero-order valence-corrected chi connectivity index (χ0v) is 14.7. The Labute approximate surface area is 159 Å². The van der Waals surface area contributed by atoms with Crippen LogP contribution in [0.3, 0.4) is 0 Å². The minimum atomic E-state index is -0.932. The summed E-state index contributed by atoms with van der Waals surface area (Å²) in [7, 11) is 0. The van der Waals surface area contributed by atoms with E-state index in [4.69, 9.17) is 9.47 Å². The second-order valence-corrected chi connectivity index (χ2v) is 6.41. The molecule has 144 valence electrons. The maximum absolute atomic E-state index is 12.6. The van der Waals surface area contributed by atoms with E-state index in [0.29, 0.717) is 22.7 Å². The van der Waals surface area contributed by atoms with Crippen LogP contribution in [0.25, 0.3) is 0 Å². The molecule has 1 atom stereocenters. The number of aromatic hydroxyl groups is 1. The fourth-order valence-electron chi connectivity index (χ4n) is 3.03. The zero-order chi connectivity index (χ0) is 19.7. The minimum absolute atomic E-state index is 0.0669. The van der Waals surface area contributed by atoms with Crippen LogP contribution in [0.4, 0.5) is 10.5 Å². The van der Waals surface area contributed by atoms with Gasteiger partial charge in [0.25, 0.3) is 5.91 Å². The molecule has 0 saturated carbocycles. The number of hydrogen-bond acceptors (Lipinski definition) is 6. The Balaban J connectivity index is 1.38. The second kappa shape index (κ2) is 7.10. The van der Waals surface area contributed by atoms with Crippen LogP contribution in [-0.4, -0.2) is 40.7 Å². The summed E-state index contributed by atoms with van der Waals surface area (Å²) in [5, 5.41) is 14.4. The molecular formula is C19H17N3O6. The van der Waals surface area contributed by atoms with Crippen molar-refractivity contribution in [2.45, 2.75) is 19.0 Å². The third-order valence-electron chi connectivity index (χ3n) is 4.43. The summed E-state index contributed by atoms with van der Waals surface area (Å²) in [5.74, 6) is 0.368. The van der Waals surface area contributed by atoms with Gasteiger partial charge in [-0.1, -0.05) is 6.07 Å². The molecule has 1 fully saturated rings. The number of nitrogens with one attached hydrogen (secondary N) is 2. The van der Waals surface area contributed by atoms with Gasteiger partial charge in [-0.25, -0.2) is 4.79 Å². The number of hydrogen-bond donors (Lipinski definition) is 3. The van der Waals surface area contributed by atoms with Crippen molar-refractivity contribution in [1.29, 1.82) is 0 Å². The van der Waals surface area contributed by atoms with Gasteiger partial charge in [-0.15, -0.1) is 0 Å². The summed E-state index contributed by atoms with van der Waals surface area (Å²) in [6, 6.07) is 9.65. The summed E-state index contributed by atoms with van der Waals surface area (Å²) >= 11 is 0. The highest BCUT2D eigenvalue weighted by atomic mass is 16.7. The lowest BCUT2D eigenvalue weighted by Crippen LogP contribution is -2.34. The van der Waals surface area contributed by atoms with Gasteiger partial charge in [-0.05, 0) is 42.0 Å². The standard InChI is InChI=1S/C19H17N3O6/c23-13-4-2-12(3-5-13)20-17(24)8-14-18(25)22(19(26)21-14)9-11-1-6-15-16(7-11)28-10-27-15/h1-7,14,23H,8-10H2,(H,20,24)(H,21,26)/t14-/m1/s1. The number of anilines is 1. The number of phenols is 1. The van der Waals surface area contributed by atoms with Crippen LogP contribution in [0.15, 0.2) is 42.5 Å². The van der Waals surface area contributed by atoms with Gasteiger partial charge in [0.2, 0.25) is 12.7 Å². The van der Waals surface area contributed by atoms with Gasteiger partial charge in [0.15, 0.2) is 11.5 Å². The molecule has 3 N–H and O–H groups in total. The molecule has 0 spiro atoms. The van der Waals surface area contributed by atoms with Crippen LogP contribution >= 0.6 is 0 Å². The zero-order valence-electron chi connectivity index (χ0n) is 14.7. The Hall–Kier alpha value is -3.75. The first-order valence-corrected chi connectivity index (χ1v) is 8.59. The van der Waals surface area contributed by atoms with E-state index in [9.17, 15) is 19.5 Å². The summed E-state index contributed by atoms with van der Waals surface area (Å²) in [5.41, 5.74) is 1.19. The summed E-state index contributed by atoms with van der Waals surface area (Å²) in [6.45, 7) is 0.206. The predicted octanol–water partition coefficient (Wildman–Crippen LogP) is 1.57. The van der Waals surface area contributed by atoms with Gasteiger partial charge in [0.05, 0.1) is 13.0 Å². The molecule has 9 heteroatoms. The number of phenolic OH excluding ortho intramolecular Hbond substituents is 1. The van der Waals surface area contributed by atoms with Gasteiger partial charge in [-0.2, -0.15) is 0 Å². The Morgan fingerprint density at radius 1 is 1.14 bits per heavy atom. The van der Waals surface area contributed by atoms with Crippen molar-refractivity contribution in [2.24, 2.45) is 0 Å². The third-order valence-corrected chi connectivity index (χ3v) is 4.43. The number of carbonyl (C=O) groups excluding carboxylic acids is 3. The summed E-state index contributed by atoms with van der Waals surface area (Å²) in [4.78, 5) is 38.0. The highest BCUT2D eigenvalue weighted by Gasteiger charge is 2.39. The molecule has 2 aliphatic heterocycles. The molecule has 4 amide bonds. The normalized spacial score (nSPS) is 17.6. The number of nitrogens with zero attached hydrogens (tertiary/aromatic N) is 1. The van der Waals surface area contributed by atoms with E-state index >= 15 is 0 Å². The van der Waals surface area contributed by atoms with Gasteiger partial charge < -0.3 is 25.2 Å². The van der Waals surface area contributed by atoms with Crippen molar-refractivity contribution in [3.8, 4) is 17.2 Å². The van der Waals surface area contributed by atoms with E-state index < -0.39 is 23.9 Å². The molecular weight excluding hydrogens is 366 g/mol. The maximum atomic E-state index is 12.6. The molecule has 0 aromatic heterocycles. The van der Waals surface area contributed by atoms with Crippen LogP contribution in [-0.2, 0) is 16.1 Å². The van der Waals surface area contributed by atoms with Gasteiger partial charge >= 0.3 is 6.03 Å². The van der Waals surface area contributed by atoms with Crippen molar-refractivity contribution in [2.75, 3.05) is 12.1 Å². The van der Waals surface area contributed by atoms with Gasteiger partial charge in [-0.3, -0.25) is 14.5 Å². The molecule has 2 heterocycles. The first-order chi connectivity index (χ1) is 13.5. The molecule has 2 aliphatic rings. The number of rotatable bonds is 5. The Morgan fingerprint density at radius 3 is 2.68 bits per heavy atom. The summed E-state index contributed by atoms with van der Waals surface area (Å²) < 4.78 is 10.5. The van der Waals surface area contributed by atoms with E-state index in [2.05, 4.69) is 10.6 Å². The van der Waals surface area contributed by atoms with Gasteiger partial charge in [0, 0.05) is 5.69 Å². The van der Waals surface area contributed by atoms with E-state index in [-0.39, 0.29) is 25.5 Å². The van der Waals surface area contributed by atoms with Gasteiger partial charge in [0.1, 0.15) is 11.8 Å². The molecule has 9 nitrogen and oxygen atoms in total. The second-order valence-electron chi connectivity index (χ2n) is 6.41. The van der Waals surface area contributed by atoms with Crippen molar-refractivity contribution in [1.82, 2.24) is 10.2 Å². The van der Waals surface area contributed by atoms with E-state index in [0.717, 1.165) is 4.90 Å². The Morgan fingerprint density at radius 2 is 1.89 bits per heavy atom. The molecule has 2 aromatic rings. The molecule has 0 aliphatic carbocycles. The summed E-state index contributed by atoms with van der Waals surface area (Å²) in [6.07, 6.45) is -0.191. The number of urea groups is 1. The molecule has 0 radical (unpaired) electrons. The number of ether oxygens (including phenoxy) is 2.